The van der Waals surface area contributed by atoms with E-state index in [1.54, 1.807) is 11.3 Å². The molecule has 2 nitrogen and oxygen atoms in total. The zero-order valence-corrected chi connectivity index (χ0v) is 11.5. The van der Waals surface area contributed by atoms with Gasteiger partial charge in [0.15, 0.2) is 0 Å². The Morgan fingerprint density at radius 2 is 2.22 bits per heavy atom. The molecule has 0 amide bonds. The number of hydrogen-bond acceptors (Lipinski definition) is 1. The van der Waals surface area contributed by atoms with E-state index in [4.69, 9.17) is 0 Å². The van der Waals surface area contributed by atoms with Crippen molar-refractivity contribution in [1.29, 1.82) is 0 Å². The highest BCUT2D eigenvalue weighted by molar-refractivity contribution is 5.87. The molecule has 2 heterocycles. The van der Waals surface area contributed by atoms with Crippen LogP contribution in [-0.4, -0.2) is 11.1 Å². The number of nitrogens with one attached hydrogen (secondary N) is 1. The molecule has 0 saturated heterocycles. The van der Waals surface area contributed by atoms with E-state index in [0.717, 1.165) is 13.1 Å². The van der Waals surface area contributed by atoms with Crippen LogP contribution in [0, 0.1) is 6.92 Å². The molecule has 0 spiro atoms. The average Bonchev–Trinajstić information content (AvgIpc) is 2.67. The van der Waals surface area contributed by atoms with E-state index in [0.29, 0.717) is 6.04 Å². The van der Waals surface area contributed by atoms with E-state index in [9.17, 15) is 0 Å². The Balaban J connectivity index is 0.000001000. The molecule has 3 heteroatoms. The quantitative estimate of drug-likeness (QED) is 0.771. The molecule has 0 fully saturated rings. The molecule has 4 rings (SSSR count). The molecule has 1 aliphatic carbocycles. The Hall–Kier alpha value is -0.990. The number of halogens is 1. The van der Waals surface area contributed by atoms with Crippen molar-refractivity contribution in [1.82, 2.24) is 9.88 Å². The highest BCUT2D eigenvalue weighted by Gasteiger charge is 2.29. The number of benzene rings is 1. The highest BCUT2D eigenvalue weighted by Crippen LogP contribution is 2.38. The molecular weight excluding hydrogens is 244 g/mol. The van der Waals surface area contributed by atoms with Crippen LogP contribution in [-0.2, 0) is 13.0 Å². The molecular formula is C15H19ClN2. The predicted molar refractivity (Wildman–Crippen MR) is 77.6 cm³/mol. The lowest BCUT2D eigenvalue weighted by atomic mass is 9.90. The highest BCUT2D eigenvalue weighted by atomic mass is 35.5. The summed E-state index contributed by atoms with van der Waals surface area (Å²) >= 11 is 0. The molecule has 96 valence electrons. The van der Waals surface area contributed by atoms with Gasteiger partial charge < -0.3 is 9.88 Å². The molecule has 1 N–H and O–H groups in total. The molecule has 0 unspecified atom stereocenters. The van der Waals surface area contributed by atoms with Crippen LogP contribution in [0.15, 0.2) is 18.2 Å². The van der Waals surface area contributed by atoms with Crippen molar-refractivity contribution in [2.24, 2.45) is 0 Å². The molecule has 2 aliphatic rings. The minimum atomic E-state index is 0. The van der Waals surface area contributed by atoms with E-state index in [1.165, 1.54) is 35.7 Å². The number of aryl methyl sites for hydroxylation is 2. The normalized spacial score (nSPS) is 21.5. The van der Waals surface area contributed by atoms with Gasteiger partial charge in [-0.15, -0.1) is 12.4 Å². The second kappa shape index (κ2) is 4.29. The number of rotatable bonds is 0. The lowest BCUT2D eigenvalue weighted by molar-refractivity contribution is 0.384. The van der Waals surface area contributed by atoms with Gasteiger partial charge in [-0.05, 0) is 43.9 Å². The fourth-order valence-electron chi connectivity index (χ4n) is 3.63. The molecule has 0 bridgehead atoms. The van der Waals surface area contributed by atoms with E-state index < -0.39 is 0 Å². The molecule has 0 saturated carbocycles. The smallest absolute Gasteiger partial charge is 0.0486 e. The van der Waals surface area contributed by atoms with E-state index >= 15 is 0 Å². The summed E-state index contributed by atoms with van der Waals surface area (Å²) < 4.78 is 2.56. The van der Waals surface area contributed by atoms with Crippen LogP contribution in [0.1, 0.15) is 35.7 Å². The fourth-order valence-corrected chi connectivity index (χ4v) is 3.63. The Morgan fingerprint density at radius 3 is 3.11 bits per heavy atom. The maximum absolute atomic E-state index is 3.67. The molecule has 1 atom stereocenters. The van der Waals surface area contributed by atoms with Gasteiger partial charge in [-0.25, -0.2) is 0 Å². The Bertz CT molecular complexity index is 598. The van der Waals surface area contributed by atoms with Crippen molar-refractivity contribution in [2.45, 2.75) is 38.8 Å². The Kier molecular flexibility index (Phi) is 2.87. The number of nitrogens with zero attached hydrogens (tertiary/aromatic N) is 1. The Labute approximate surface area is 114 Å². The third kappa shape index (κ3) is 1.52. The van der Waals surface area contributed by atoms with Crippen molar-refractivity contribution in [3.05, 3.63) is 35.0 Å². The molecule has 1 aliphatic heterocycles. The van der Waals surface area contributed by atoms with Crippen LogP contribution >= 0.6 is 12.4 Å². The first-order chi connectivity index (χ1) is 8.34. The van der Waals surface area contributed by atoms with Gasteiger partial charge in [0.05, 0.1) is 0 Å². The van der Waals surface area contributed by atoms with Gasteiger partial charge in [0.2, 0.25) is 0 Å². The second-order valence-electron chi connectivity index (χ2n) is 5.43. The van der Waals surface area contributed by atoms with Crippen LogP contribution in [0.2, 0.25) is 0 Å². The summed E-state index contributed by atoms with van der Waals surface area (Å²) in [6.07, 6.45) is 3.90. The monoisotopic (exact) mass is 262 g/mol. The summed E-state index contributed by atoms with van der Waals surface area (Å²) in [6.45, 7) is 4.45. The zero-order valence-electron chi connectivity index (χ0n) is 10.7. The van der Waals surface area contributed by atoms with Gasteiger partial charge in [-0.1, -0.05) is 11.6 Å². The lowest BCUT2D eigenvalue weighted by Crippen LogP contribution is -2.35. The third-order valence-electron chi connectivity index (χ3n) is 4.34. The minimum Gasteiger partial charge on any atom is -0.342 e. The maximum atomic E-state index is 3.67. The molecule has 18 heavy (non-hydrogen) atoms. The molecule has 2 aromatic rings. The molecule has 0 radical (unpaired) electrons. The van der Waals surface area contributed by atoms with Gasteiger partial charge in [-0.3, -0.25) is 0 Å². The van der Waals surface area contributed by atoms with Gasteiger partial charge in [0.25, 0.3) is 0 Å². The van der Waals surface area contributed by atoms with Crippen LogP contribution in [0.3, 0.4) is 0 Å². The largest absolute Gasteiger partial charge is 0.342 e. The Morgan fingerprint density at radius 1 is 1.33 bits per heavy atom. The second-order valence-corrected chi connectivity index (χ2v) is 5.43. The van der Waals surface area contributed by atoms with Crippen molar-refractivity contribution < 1.29 is 0 Å². The predicted octanol–water partition coefficient (Wildman–Crippen LogP) is 3.35. The number of hydrogen-bond donors (Lipinski definition) is 1. The van der Waals surface area contributed by atoms with Crippen molar-refractivity contribution >= 4 is 23.3 Å². The summed E-state index contributed by atoms with van der Waals surface area (Å²) in [5.74, 6) is 0. The maximum Gasteiger partial charge on any atom is 0.0486 e. The van der Waals surface area contributed by atoms with Crippen molar-refractivity contribution in [3.8, 4) is 0 Å². The van der Waals surface area contributed by atoms with E-state index in [-0.39, 0.29) is 12.4 Å². The average molecular weight is 263 g/mol. The summed E-state index contributed by atoms with van der Waals surface area (Å²) in [5.41, 5.74) is 6.04. The van der Waals surface area contributed by atoms with Gasteiger partial charge >= 0.3 is 0 Å². The first-order valence-electron chi connectivity index (χ1n) is 6.69. The molecule has 1 aromatic carbocycles. The number of aromatic nitrogens is 1. The zero-order chi connectivity index (χ0) is 11.4. The van der Waals surface area contributed by atoms with Crippen LogP contribution < -0.4 is 5.32 Å². The van der Waals surface area contributed by atoms with E-state index in [2.05, 4.69) is 35.0 Å². The first-order valence-corrected chi connectivity index (χ1v) is 6.69. The lowest BCUT2D eigenvalue weighted by Gasteiger charge is -2.31. The van der Waals surface area contributed by atoms with Gasteiger partial charge in [-0.2, -0.15) is 0 Å². The standard InChI is InChI=1S/C15H18N2.ClH/c1-10-5-6-14-12(9-10)11-3-2-4-13-15(11)17(14)8-7-16-13;/h5-6,9,13,16H,2-4,7-8H2,1H3;1H/t13-;/m1./s1. The minimum absolute atomic E-state index is 0. The first kappa shape index (κ1) is 12.1. The number of fused-ring (bicyclic) bond motifs is 3. The molecule has 1 aromatic heterocycles. The van der Waals surface area contributed by atoms with Gasteiger partial charge in [0, 0.05) is 35.7 Å². The summed E-state index contributed by atoms with van der Waals surface area (Å²) in [7, 11) is 0. The van der Waals surface area contributed by atoms with Crippen LogP contribution in [0.5, 0.6) is 0 Å². The van der Waals surface area contributed by atoms with Crippen molar-refractivity contribution in [3.63, 3.8) is 0 Å². The summed E-state index contributed by atoms with van der Waals surface area (Å²) in [4.78, 5) is 0. The summed E-state index contributed by atoms with van der Waals surface area (Å²) in [6, 6.07) is 7.54. The third-order valence-corrected chi connectivity index (χ3v) is 4.34. The fraction of sp³-hybridized carbons (Fsp3) is 0.467. The summed E-state index contributed by atoms with van der Waals surface area (Å²) in [5, 5.41) is 5.18. The van der Waals surface area contributed by atoms with Crippen LogP contribution in [0.4, 0.5) is 0 Å². The van der Waals surface area contributed by atoms with Crippen molar-refractivity contribution in [2.75, 3.05) is 6.54 Å². The SMILES string of the molecule is Cc1ccc2c(c1)c1c3n2CCN[C@@H]3CCC1.Cl. The van der Waals surface area contributed by atoms with Crippen LogP contribution in [0.25, 0.3) is 10.9 Å². The van der Waals surface area contributed by atoms with E-state index in [1.807, 2.05) is 0 Å². The topological polar surface area (TPSA) is 17.0 Å². The van der Waals surface area contributed by atoms with Gasteiger partial charge in [0.1, 0.15) is 0 Å².